The lowest BCUT2D eigenvalue weighted by atomic mass is 9.89. The van der Waals surface area contributed by atoms with Gasteiger partial charge < -0.3 is 4.74 Å². The van der Waals surface area contributed by atoms with Crippen molar-refractivity contribution < 1.29 is 9.53 Å². The minimum Gasteiger partial charge on any atom is -0.460 e. The fourth-order valence-corrected chi connectivity index (χ4v) is 2.78. The Morgan fingerprint density at radius 3 is 2.50 bits per heavy atom. The second-order valence-corrected chi connectivity index (χ2v) is 6.76. The van der Waals surface area contributed by atoms with Crippen molar-refractivity contribution in [2.45, 2.75) is 56.0 Å². The molecule has 1 saturated carbocycles. The van der Waals surface area contributed by atoms with E-state index in [1.54, 1.807) is 0 Å². The molecule has 1 rings (SSSR count). The molecule has 1 aliphatic carbocycles. The van der Waals surface area contributed by atoms with Gasteiger partial charge in [-0.3, -0.25) is 4.79 Å². The van der Waals surface area contributed by atoms with Crippen LogP contribution in [0.5, 0.6) is 0 Å². The van der Waals surface area contributed by atoms with E-state index in [1.807, 2.05) is 20.8 Å². The molecule has 0 aliphatic heterocycles. The highest BCUT2D eigenvalue weighted by Crippen LogP contribution is 2.30. The van der Waals surface area contributed by atoms with Gasteiger partial charge in [-0.05, 0) is 40.0 Å². The summed E-state index contributed by atoms with van der Waals surface area (Å²) in [6.45, 7) is 5.78. The summed E-state index contributed by atoms with van der Waals surface area (Å²) in [6, 6.07) is 0. The molecule has 0 aromatic rings. The molecule has 2 unspecified atom stereocenters. The molecule has 14 heavy (non-hydrogen) atoms. The van der Waals surface area contributed by atoms with E-state index in [1.165, 1.54) is 6.42 Å². The van der Waals surface area contributed by atoms with Crippen molar-refractivity contribution in [2.75, 3.05) is 0 Å². The standard InChI is InChI=1S/C11H19IO2/c1-11(2,3)14-10(13)8-5-4-6-9(12)7-8/h8-9H,4-7H2,1-3H3. The molecule has 0 bridgehead atoms. The molecule has 1 aliphatic rings. The van der Waals surface area contributed by atoms with Crippen molar-refractivity contribution in [2.24, 2.45) is 5.92 Å². The third kappa shape index (κ3) is 4.15. The topological polar surface area (TPSA) is 26.3 Å². The lowest BCUT2D eigenvalue weighted by Gasteiger charge is -2.28. The molecule has 0 aromatic heterocycles. The lowest BCUT2D eigenvalue weighted by Crippen LogP contribution is -2.31. The number of alkyl halides is 1. The Hall–Kier alpha value is 0.200. The monoisotopic (exact) mass is 310 g/mol. The van der Waals surface area contributed by atoms with Crippen molar-refractivity contribution in [1.82, 2.24) is 0 Å². The van der Waals surface area contributed by atoms with Crippen LogP contribution in [-0.2, 0) is 9.53 Å². The zero-order chi connectivity index (χ0) is 10.8. The van der Waals surface area contributed by atoms with Gasteiger partial charge in [0.1, 0.15) is 5.60 Å². The van der Waals surface area contributed by atoms with Crippen LogP contribution in [0.25, 0.3) is 0 Å². The molecule has 3 heteroatoms. The Kier molecular flexibility index (Phi) is 4.22. The van der Waals surface area contributed by atoms with Crippen molar-refractivity contribution >= 4 is 28.6 Å². The number of hydrogen-bond donors (Lipinski definition) is 0. The number of esters is 1. The molecular formula is C11H19IO2. The van der Waals surface area contributed by atoms with Crippen LogP contribution in [-0.4, -0.2) is 15.5 Å². The minimum absolute atomic E-state index is 0.00105. The van der Waals surface area contributed by atoms with Gasteiger partial charge in [0.15, 0.2) is 0 Å². The lowest BCUT2D eigenvalue weighted by molar-refractivity contribution is -0.160. The van der Waals surface area contributed by atoms with E-state index in [4.69, 9.17) is 4.74 Å². The van der Waals surface area contributed by atoms with Gasteiger partial charge in [-0.25, -0.2) is 0 Å². The van der Waals surface area contributed by atoms with Gasteiger partial charge in [-0.2, -0.15) is 0 Å². The smallest absolute Gasteiger partial charge is 0.309 e. The van der Waals surface area contributed by atoms with Gasteiger partial charge in [-0.1, -0.05) is 29.0 Å². The highest BCUT2D eigenvalue weighted by molar-refractivity contribution is 14.1. The Balaban J connectivity index is 2.44. The Morgan fingerprint density at radius 2 is 2.00 bits per heavy atom. The van der Waals surface area contributed by atoms with E-state index in [9.17, 15) is 4.79 Å². The van der Waals surface area contributed by atoms with Crippen LogP contribution in [0.4, 0.5) is 0 Å². The van der Waals surface area contributed by atoms with Crippen LogP contribution >= 0.6 is 22.6 Å². The predicted molar refractivity (Wildman–Crippen MR) is 65.6 cm³/mol. The molecule has 0 radical (unpaired) electrons. The van der Waals surface area contributed by atoms with Crippen LogP contribution in [0.15, 0.2) is 0 Å². The maximum atomic E-state index is 11.7. The molecule has 2 atom stereocenters. The third-order valence-corrected chi connectivity index (χ3v) is 3.48. The molecule has 0 heterocycles. The van der Waals surface area contributed by atoms with Crippen LogP contribution in [0.3, 0.4) is 0 Å². The SMILES string of the molecule is CC(C)(C)OC(=O)C1CCCC(I)C1. The van der Waals surface area contributed by atoms with Gasteiger partial charge in [-0.15, -0.1) is 0 Å². The predicted octanol–water partition coefficient (Wildman–Crippen LogP) is 3.32. The summed E-state index contributed by atoms with van der Waals surface area (Å²) in [5.41, 5.74) is -0.338. The van der Waals surface area contributed by atoms with Gasteiger partial charge in [0, 0.05) is 3.92 Å². The summed E-state index contributed by atoms with van der Waals surface area (Å²) in [7, 11) is 0. The molecule has 1 fully saturated rings. The maximum absolute atomic E-state index is 11.7. The second kappa shape index (κ2) is 4.81. The normalized spacial score (nSPS) is 28.6. The average Bonchev–Trinajstić information content (AvgIpc) is 2.01. The van der Waals surface area contributed by atoms with E-state index >= 15 is 0 Å². The highest BCUT2D eigenvalue weighted by Gasteiger charge is 2.29. The summed E-state index contributed by atoms with van der Waals surface area (Å²) in [4.78, 5) is 11.7. The number of hydrogen-bond acceptors (Lipinski definition) is 2. The van der Waals surface area contributed by atoms with Crippen molar-refractivity contribution in [3.8, 4) is 0 Å². The number of halogens is 1. The fourth-order valence-electron chi connectivity index (χ4n) is 1.73. The Morgan fingerprint density at radius 1 is 1.36 bits per heavy atom. The van der Waals surface area contributed by atoms with Crippen molar-refractivity contribution in [1.29, 1.82) is 0 Å². The molecule has 82 valence electrons. The van der Waals surface area contributed by atoms with Crippen LogP contribution in [0.2, 0.25) is 0 Å². The van der Waals surface area contributed by atoms with Crippen LogP contribution in [0, 0.1) is 5.92 Å². The molecule has 0 N–H and O–H groups in total. The second-order valence-electron chi connectivity index (χ2n) is 4.99. The molecule has 0 amide bonds. The Labute approximate surface area is 99.9 Å². The fraction of sp³-hybridized carbons (Fsp3) is 0.909. The van der Waals surface area contributed by atoms with Gasteiger partial charge in [0.2, 0.25) is 0 Å². The summed E-state index contributed by atoms with van der Waals surface area (Å²) >= 11 is 2.43. The first-order valence-electron chi connectivity index (χ1n) is 5.25. The number of rotatable bonds is 1. The van der Waals surface area contributed by atoms with E-state index in [2.05, 4.69) is 22.6 Å². The first-order valence-corrected chi connectivity index (χ1v) is 6.50. The summed E-state index contributed by atoms with van der Waals surface area (Å²) < 4.78 is 6.03. The maximum Gasteiger partial charge on any atom is 0.309 e. The first kappa shape index (κ1) is 12.3. The van der Waals surface area contributed by atoms with E-state index in [0.717, 1.165) is 19.3 Å². The molecular weight excluding hydrogens is 291 g/mol. The van der Waals surface area contributed by atoms with Crippen molar-refractivity contribution in [3.63, 3.8) is 0 Å². The number of carbonyl (C=O) groups excluding carboxylic acids is 1. The van der Waals surface area contributed by atoms with Gasteiger partial charge in [0.05, 0.1) is 5.92 Å². The summed E-state index contributed by atoms with van der Waals surface area (Å²) in [6.07, 6.45) is 4.42. The third-order valence-electron chi connectivity index (χ3n) is 2.35. The summed E-state index contributed by atoms with van der Waals surface area (Å²) in [5, 5.41) is 0. The van der Waals surface area contributed by atoms with Crippen LogP contribution < -0.4 is 0 Å². The molecule has 0 spiro atoms. The minimum atomic E-state index is -0.338. The van der Waals surface area contributed by atoms with E-state index in [-0.39, 0.29) is 17.5 Å². The average molecular weight is 310 g/mol. The molecule has 2 nitrogen and oxygen atoms in total. The molecule has 0 aromatic carbocycles. The Bertz CT molecular complexity index is 208. The van der Waals surface area contributed by atoms with Gasteiger partial charge in [0.25, 0.3) is 0 Å². The molecule has 0 saturated heterocycles. The quantitative estimate of drug-likeness (QED) is 0.422. The summed E-state index contributed by atoms with van der Waals surface area (Å²) in [5.74, 6) is 0.142. The van der Waals surface area contributed by atoms with E-state index < -0.39 is 0 Å². The number of ether oxygens (including phenoxy) is 1. The highest BCUT2D eigenvalue weighted by atomic mass is 127. The van der Waals surface area contributed by atoms with E-state index in [0.29, 0.717) is 3.92 Å². The zero-order valence-corrected chi connectivity index (χ0v) is 11.3. The number of carbonyl (C=O) groups is 1. The largest absolute Gasteiger partial charge is 0.460 e. The zero-order valence-electron chi connectivity index (χ0n) is 9.18. The first-order chi connectivity index (χ1) is 6.38. The van der Waals surface area contributed by atoms with Gasteiger partial charge >= 0.3 is 5.97 Å². The van der Waals surface area contributed by atoms with Crippen molar-refractivity contribution in [3.05, 3.63) is 0 Å². The van der Waals surface area contributed by atoms with Crippen LogP contribution in [0.1, 0.15) is 46.5 Å².